The van der Waals surface area contributed by atoms with E-state index < -0.39 is 0 Å². The van der Waals surface area contributed by atoms with Crippen molar-refractivity contribution in [2.45, 2.75) is 19.4 Å². The SMILES string of the molecule is CCC(/C=C\c1ccccc1O)N(C)c1ccccc1. The summed E-state index contributed by atoms with van der Waals surface area (Å²) < 4.78 is 0. The van der Waals surface area contributed by atoms with E-state index in [1.165, 1.54) is 5.69 Å². The second-order valence-electron chi connectivity index (χ2n) is 4.84. The molecule has 1 N–H and O–H groups in total. The predicted octanol–water partition coefficient (Wildman–Crippen LogP) is 4.32. The average Bonchev–Trinajstić information content (AvgIpc) is 2.50. The molecule has 0 saturated heterocycles. The number of rotatable bonds is 5. The average molecular weight is 267 g/mol. The van der Waals surface area contributed by atoms with E-state index in [-0.39, 0.29) is 0 Å². The van der Waals surface area contributed by atoms with E-state index in [1.807, 2.05) is 42.5 Å². The Hall–Kier alpha value is -2.22. The minimum atomic E-state index is 0.303. The highest BCUT2D eigenvalue weighted by Crippen LogP contribution is 2.20. The molecule has 2 heteroatoms. The molecule has 0 aromatic heterocycles. The lowest BCUT2D eigenvalue weighted by molar-refractivity contribution is 0.474. The molecule has 0 aliphatic carbocycles. The lowest BCUT2D eigenvalue weighted by atomic mass is 10.1. The lowest BCUT2D eigenvalue weighted by Crippen LogP contribution is -2.28. The minimum absolute atomic E-state index is 0.303. The largest absolute Gasteiger partial charge is 0.507 e. The predicted molar refractivity (Wildman–Crippen MR) is 86.1 cm³/mol. The quantitative estimate of drug-likeness (QED) is 0.872. The molecule has 1 unspecified atom stereocenters. The molecule has 0 saturated carbocycles. The third-order valence-corrected chi connectivity index (χ3v) is 3.51. The van der Waals surface area contributed by atoms with Gasteiger partial charge in [-0.2, -0.15) is 0 Å². The number of phenols is 1. The van der Waals surface area contributed by atoms with Crippen LogP contribution in [0.4, 0.5) is 5.69 Å². The highest BCUT2D eigenvalue weighted by atomic mass is 16.3. The zero-order valence-corrected chi connectivity index (χ0v) is 12.0. The van der Waals surface area contributed by atoms with E-state index in [4.69, 9.17) is 0 Å². The Bertz CT molecular complexity index is 563. The Morgan fingerprint density at radius 2 is 1.70 bits per heavy atom. The molecule has 0 spiro atoms. The Balaban J connectivity index is 2.15. The van der Waals surface area contributed by atoms with Gasteiger partial charge in [-0.05, 0) is 24.6 Å². The van der Waals surface area contributed by atoms with Crippen LogP contribution in [0.2, 0.25) is 0 Å². The molecule has 0 amide bonds. The van der Waals surface area contributed by atoms with Crippen molar-refractivity contribution >= 4 is 11.8 Å². The number of hydrogen-bond acceptors (Lipinski definition) is 2. The number of para-hydroxylation sites is 2. The van der Waals surface area contributed by atoms with E-state index in [2.05, 4.69) is 37.1 Å². The first-order valence-electron chi connectivity index (χ1n) is 6.96. The number of phenolic OH excluding ortho intramolecular Hbond substituents is 1. The van der Waals surface area contributed by atoms with Gasteiger partial charge >= 0.3 is 0 Å². The maximum absolute atomic E-state index is 9.79. The Kier molecular flexibility index (Phi) is 4.83. The van der Waals surface area contributed by atoms with Crippen LogP contribution >= 0.6 is 0 Å². The molecule has 20 heavy (non-hydrogen) atoms. The van der Waals surface area contributed by atoms with Gasteiger partial charge in [0.25, 0.3) is 0 Å². The molecule has 0 heterocycles. The first-order valence-corrected chi connectivity index (χ1v) is 6.96. The third kappa shape index (κ3) is 3.41. The molecular weight excluding hydrogens is 246 g/mol. The number of anilines is 1. The van der Waals surface area contributed by atoms with Gasteiger partial charge in [-0.25, -0.2) is 0 Å². The van der Waals surface area contributed by atoms with Gasteiger partial charge in [0, 0.05) is 24.3 Å². The van der Waals surface area contributed by atoms with Crippen LogP contribution in [0.1, 0.15) is 18.9 Å². The molecule has 2 aromatic carbocycles. The molecular formula is C18H21NO. The number of aromatic hydroxyl groups is 1. The lowest BCUT2D eigenvalue weighted by Gasteiger charge is -2.27. The molecule has 0 bridgehead atoms. The van der Waals surface area contributed by atoms with E-state index in [9.17, 15) is 5.11 Å². The second kappa shape index (κ2) is 6.80. The summed E-state index contributed by atoms with van der Waals surface area (Å²) in [5.74, 6) is 0.320. The monoisotopic (exact) mass is 267 g/mol. The van der Waals surface area contributed by atoms with Gasteiger partial charge < -0.3 is 10.0 Å². The summed E-state index contributed by atoms with van der Waals surface area (Å²) in [7, 11) is 2.10. The summed E-state index contributed by atoms with van der Waals surface area (Å²) in [6, 6.07) is 18.0. The highest BCUT2D eigenvalue weighted by molar-refractivity contribution is 5.58. The van der Waals surface area contributed by atoms with Gasteiger partial charge in [0.05, 0.1) is 0 Å². The van der Waals surface area contributed by atoms with Crippen LogP contribution in [0.5, 0.6) is 5.75 Å². The van der Waals surface area contributed by atoms with Gasteiger partial charge in [0.2, 0.25) is 0 Å². The first kappa shape index (κ1) is 14.2. The number of nitrogens with zero attached hydrogens (tertiary/aromatic N) is 1. The van der Waals surface area contributed by atoms with Crippen LogP contribution in [0.3, 0.4) is 0 Å². The third-order valence-electron chi connectivity index (χ3n) is 3.51. The molecule has 0 aliphatic heterocycles. The van der Waals surface area contributed by atoms with Gasteiger partial charge in [0.1, 0.15) is 5.75 Å². The fourth-order valence-electron chi connectivity index (χ4n) is 2.24. The first-order chi connectivity index (χ1) is 9.72. The van der Waals surface area contributed by atoms with Crippen molar-refractivity contribution in [2.75, 3.05) is 11.9 Å². The number of benzene rings is 2. The van der Waals surface area contributed by atoms with Crippen LogP contribution in [-0.4, -0.2) is 18.2 Å². The van der Waals surface area contributed by atoms with Gasteiger partial charge in [-0.3, -0.25) is 0 Å². The fourth-order valence-corrected chi connectivity index (χ4v) is 2.24. The summed E-state index contributed by atoms with van der Waals surface area (Å²) in [6.45, 7) is 2.17. The van der Waals surface area contributed by atoms with Crippen LogP contribution in [0, 0.1) is 0 Å². The molecule has 104 valence electrons. The molecule has 0 aliphatic rings. The minimum Gasteiger partial charge on any atom is -0.507 e. The highest BCUT2D eigenvalue weighted by Gasteiger charge is 2.09. The van der Waals surface area contributed by atoms with Crippen LogP contribution in [-0.2, 0) is 0 Å². The smallest absolute Gasteiger partial charge is 0.122 e. The zero-order chi connectivity index (χ0) is 14.4. The molecule has 0 fully saturated rings. The van der Waals surface area contributed by atoms with Crippen molar-refractivity contribution in [1.82, 2.24) is 0 Å². The molecule has 2 aromatic rings. The van der Waals surface area contributed by atoms with Crippen LogP contribution in [0.25, 0.3) is 6.08 Å². The molecule has 2 rings (SSSR count). The van der Waals surface area contributed by atoms with Crippen LogP contribution < -0.4 is 4.90 Å². The van der Waals surface area contributed by atoms with Crippen LogP contribution in [0.15, 0.2) is 60.7 Å². The van der Waals surface area contributed by atoms with Crippen molar-refractivity contribution in [2.24, 2.45) is 0 Å². The molecule has 1 atom stereocenters. The summed E-state index contributed by atoms with van der Waals surface area (Å²) in [6.07, 6.45) is 5.14. The fraction of sp³-hybridized carbons (Fsp3) is 0.222. The maximum atomic E-state index is 9.79. The zero-order valence-electron chi connectivity index (χ0n) is 12.0. The van der Waals surface area contributed by atoms with E-state index >= 15 is 0 Å². The normalized spacial score (nSPS) is 12.5. The van der Waals surface area contributed by atoms with Crippen molar-refractivity contribution in [1.29, 1.82) is 0 Å². The van der Waals surface area contributed by atoms with Crippen molar-refractivity contribution < 1.29 is 5.11 Å². The molecule has 2 nitrogen and oxygen atoms in total. The van der Waals surface area contributed by atoms with Crippen molar-refractivity contribution in [3.8, 4) is 5.75 Å². The summed E-state index contributed by atoms with van der Waals surface area (Å²) in [5.41, 5.74) is 2.05. The van der Waals surface area contributed by atoms with Crippen molar-refractivity contribution in [3.05, 3.63) is 66.2 Å². The number of hydrogen-bond donors (Lipinski definition) is 1. The Morgan fingerprint density at radius 1 is 1.05 bits per heavy atom. The molecule has 0 radical (unpaired) electrons. The van der Waals surface area contributed by atoms with E-state index in [0.29, 0.717) is 11.8 Å². The van der Waals surface area contributed by atoms with Crippen molar-refractivity contribution in [3.63, 3.8) is 0 Å². The van der Waals surface area contributed by atoms with Gasteiger partial charge in [-0.1, -0.05) is 55.5 Å². The van der Waals surface area contributed by atoms with Gasteiger partial charge in [0.15, 0.2) is 0 Å². The second-order valence-corrected chi connectivity index (χ2v) is 4.84. The van der Waals surface area contributed by atoms with Gasteiger partial charge in [-0.15, -0.1) is 0 Å². The maximum Gasteiger partial charge on any atom is 0.122 e. The summed E-state index contributed by atoms with van der Waals surface area (Å²) in [4.78, 5) is 2.25. The Morgan fingerprint density at radius 3 is 2.35 bits per heavy atom. The Labute approximate surface area is 121 Å². The topological polar surface area (TPSA) is 23.5 Å². The summed E-state index contributed by atoms with van der Waals surface area (Å²) >= 11 is 0. The summed E-state index contributed by atoms with van der Waals surface area (Å²) in [5, 5.41) is 9.79. The number of likely N-dealkylation sites (N-methyl/N-ethyl adjacent to an activating group) is 1. The van der Waals surface area contributed by atoms with E-state index in [1.54, 1.807) is 6.07 Å². The standard InChI is InChI=1S/C18H21NO/c1-3-16(19(2)17-10-5-4-6-11-17)14-13-15-9-7-8-12-18(15)20/h4-14,16,20H,3H2,1-2H3/b14-13-. The van der Waals surface area contributed by atoms with E-state index in [0.717, 1.165) is 12.0 Å².